The number of amidine groups is 1. The normalized spacial score (nSPS) is 11.5. The number of hydrogen-bond donors (Lipinski definition) is 2. The molecule has 0 aliphatic carbocycles. The second-order valence-corrected chi connectivity index (χ2v) is 5.18. The summed E-state index contributed by atoms with van der Waals surface area (Å²) in [5.41, 5.74) is 10.8. The van der Waals surface area contributed by atoms with E-state index >= 15 is 0 Å². The lowest BCUT2D eigenvalue weighted by molar-refractivity contribution is 0.318. The average molecular weight is 284 g/mol. The Kier molecular flexibility index (Phi) is 4.42. The van der Waals surface area contributed by atoms with Gasteiger partial charge < -0.3 is 15.8 Å². The van der Waals surface area contributed by atoms with Gasteiger partial charge in [-0.1, -0.05) is 22.9 Å². The van der Waals surface area contributed by atoms with Crippen LogP contribution in [0.15, 0.2) is 41.7 Å². The predicted octanol–water partition coefficient (Wildman–Crippen LogP) is 2.43. The highest BCUT2D eigenvalue weighted by Gasteiger charge is 2.08. The topological polar surface area (TPSA) is 74.7 Å². The number of rotatable bonds is 4. The molecule has 5 nitrogen and oxygen atoms in total. The van der Waals surface area contributed by atoms with Gasteiger partial charge in [-0.2, -0.15) is 0 Å². The zero-order chi connectivity index (χ0) is 15.4. The number of hydrogen-bond acceptors (Lipinski definition) is 4. The fraction of sp³-hybridized carbons (Fsp3) is 0.250. The molecule has 3 N–H and O–H groups in total. The van der Waals surface area contributed by atoms with Gasteiger partial charge in [0.2, 0.25) is 0 Å². The van der Waals surface area contributed by atoms with E-state index in [4.69, 9.17) is 10.9 Å². The lowest BCUT2D eigenvalue weighted by atomic mass is 10.1. The van der Waals surface area contributed by atoms with Gasteiger partial charge in [-0.15, -0.1) is 0 Å². The third-order valence-electron chi connectivity index (χ3n) is 3.38. The van der Waals surface area contributed by atoms with Crippen molar-refractivity contribution < 1.29 is 5.21 Å². The van der Waals surface area contributed by atoms with Crippen LogP contribution in [0, 0.1) is 13.8 Å². The van der Waals surface area contributed by atoms with E-state index in [1.165, 1.54) is 16.8 Å². The van der Waals surface area contributed by atoms with E-state index in [2.05, 4.69) is 47.1 Å². The molecule has 0 spiro atoms. The number of aryl methyl sites for hydroxylation is 2. The van der Waals surface area contributed by atoms with Crippen LogP contribution in [0.5, 0.6) is 0 Å². The summed E-state index contributed by atoms with van der Waals surface area (Å²) < 4.78 is 0. The fourth-order valence-electron chi connectivity index (χ4n) is 2.36. The molecule has 110 valence electrons. The minimum Gasteiger partial charge on any atom is -0.409 e. The van der Waals surface area contributed by atoms with Gasteiger partial charge in [0.05, 0.1) is 0 Å². The van der Waals surface area contributed by atoms with Crippen LogP contribution in [-0.2, 0) is 6.54 Å². The Morgan fingerprint density at radius 3 is 2.71 bits per heavy atom. The molecule has 2 rings (SSSR count). The Labute approximate surface area is 124 Å². The highest BCUT2D eigenvalue weighted by molar-refractivity contribution is 5.95. The van der Waals surface area contributed by atoms with E-state index in [-0.39, 0.29) is 5.84 Å². The Morgan fingerprint density at radius 1 is 1.29 bits per heavy atom. The van der Waals surface area contributed by atoms with Crippen molar-refractivity contribution in [3.8, 4) is 0 Å². The molecule has 0 saturated carbocycles. The molecule has 0 atom stereocenters. The van der Waals surface area contributed by atoms with Crippen molar-refractivity contribution >= 4 is 11.5 Å². The fourth-order valence-corrected chi connectivity index (χ4v) is 2.36. The molecule has 21 heavy (non-hydrogen) atoms. The van der Waals surface area contributed by atoms with Crippen molar-refractivity contribution in [3.05, 3.63) is 58.9 Å². The van der Waals surface area contributed by atoms with Gasteiger partial charge >= 0.3 is 0 Å². The van der Waals surface area contributed by atoms with E-state index in [0.29, 0.717) is 5.69 Å². The van der Waals surface area contributed by atoms with Gasteiger partial charge in [0.1, 0.15) is 5.69 Å². The van der Waals surface area contributed by atoms with Crippen molar-refractivity contribution in [1.29, 1.82) is 0 Å². The molecule has 0 radical (unpaired) electrons. The third-order valence-corrected chi connectivity index (χ3v) is 3.38. The first kappa shape index (κ1) is 14.8. The summed E-state index contributed by atoms with van der Waals surface area (Å²) in [6.07, 6.45) is 1.67. The van der Waals surface area contributed by atoms with Crippen molar-refractivity contribution in [3.63, 3.8) is 0 Å². The number of benzene rings is 1. The summed E-state index contributed by atoms with van der Waals surface area (Å²) in [6.45, 7) is 4.91. The first-order chi connectivity index (χ1) is 10.0. The predicted molar refractivity (Wildman–Crippen MR) is 84.8 cm³/mol. The van der Waals surface area contributed by atoms with Crippen LogP contribution in [-0.4, -0.2) is 23.1 Å². The molecule has 1 aromatic carbocycles. The average Bonchev–Trinajstić information content (AvgIpc) is 2.46. The maximum Gasteiger partial charge on any atom is 0.188 e. The number of nitrogens with zero attached hydrogens (tertiary/aromatic N) is 3. The number of oxime groups is 1. The van der Waals surface area contributed by atoms with Crippen LogP contribution in [0.4, 0.5) is 5.69 Å². The van der Waals surface area contributed by atoms with E-state index in [1.54, 1.807) is 6.20 Å². The van der Waals surface area contributed by atoms with Gasteiger partial charge in [-0.3, -0.25) is 4.98 Å². The van der Waals surface area contributed by atoms with E-state index in [9.17, 15) is 0 Å². The maximum atomic E-state index is 8.71. The summed E-state index contributed by atoms with van der Waals surface area (Å²) in [7, 11) is 2.04. The molecule has 0 fully saturated rings. The molecule has 1 heterocycles. The minimum absolute atomic E-state index is 0.0195. The van der Waals surface area contributed by atoms with Gasteiger partial charge in [-0.05, 0) is 43.2 Å². The highest BCUT2D eigenvalue weighted by atomic mass is 16.4. The smallest absolute Gasteiger partial charge is 0.188 e. The molecule has 5 heteroatoms. The van der Waals surface area contributed by atoms with Crippen molar-refractivity contribution in [2.45, 2.75) is 20.4 Å². The summed E-state index contributed by atoms with van der Waals surface area (Å²) in [4.78, 5) is 6.25. The summed E-state index contributed by atoms with van der Waals surface area (Å²) in [5, 5.41) is 11.7. The van der Waals surface area contributed by atoms with Crippen LogP contribution >= 0.6 is 0 Å². The summed E-state index contributed by atoms with van der Waals surface area (Å²) in [5.74, 6) is 0.0195. The molecule has 0 saturated heterocycles. The third kappa shape index (κ3) is 3.51. The van der Waals surface area contributed by atoms with Gasteiger partial charge in [-0.25, -0.2) is 0 Å². The van der Waals surface area contributed by atoms with Crippen molar-refractivity contribution in [2.75, 3.05) is 11.9 Å². The highest BCUT2D eigenvalue weighted by Crippen LogP contribution is 2.21. The van der Waals surface area contributed by atoms with Crippen LogP contribution in [0.3, 0.4) is 0 Å². The first-order valence-electron chi connectivity index (χ1n) is 6.72. The second-order valence-electron chi connectivity index (χ2n) is 5.18. The molecule has 1 aromatic heterocycles. The SMILES string of the molecule is Cc1ccc(N(C)Cc2ccnc(C(N)=NO)c2)c(C)c1. The van der Waals surface area contributed by atoms with Crippen molar-refractivity contribution in [1.82, 2.24) is 4.98 Å². The quantitative estimate of drug-likeness (QED) is 0.391. The van der Waals surface area contributed by atoms with Crippen LogP contribution in [0.1, 0.15) is 22.4 Å². The summed E-state index contributed by atoms with van der Waals surface area (Å²) in [6, 6.07) is 10.1. The zero-order valence-electron chi connectivity index (χ0n) is 12.5. The molecule has 0 aliphatic rings. The largest absolute Gasteiger partial charge is 0.409 e. The van der Waals surface area contributed by atoms with Crippen LogP contribution < -0.4 is 10.6 Å². The number of nitrogens with two attached hydrogens (primary N) is 1. The Morgan fingerprint density at radius 2 is 2.05 bits per heavy atom. The van der Waals surface area contributed by atoms with E-state index in [1.807, 2.05) is 19.2 Å². The molecule has 2 aromatic rings. The second kappa shape index (κ2) is 6.26. The van der Waals surface area contributed by atoms with Gasteiger partial charge in [0.25, 0.3) is 0 Å². The van der Waals surface area contributed by atoms with Crippen LogP contribution in [0.2, 0.25) is 0 Å². The molecule has 0 amide bonds. The maximum absolute atomic E-state index is 8.71. The standard InChI is InChI=1S/C16H20N4O/c1-11-4-5-15(12(2)8-11)20(3)10-13-6-7-18-14(9-13)16(17)19-21/h4-9,21H,10H2,1-3H3,(H2,17,19). The number of aromatic nitrogens is 1. The van der Waals surface area contributed by atoms with E-state index in [0.717, 1.165) is 12.1 Å². The summed E-state index contributed by atoms with van der Waals surface area (Å²) >= 11 is 0. The monoisotopic (exact) mass is 284 g/mol. The van der Waals surface area contributed by atoms with Gasteiger partial charge in [0, 0.05) is 25.5 Å². The zero-order valence-corrected chi connectivity index (χ0v) is 12.5. The number of pyridine rings is 1. The molecule has 0 aliphatic heterocycles. The minimum atomic E-state index is 0.0195. The molecular weight excluding hydrogens is 264 g/mol. The lowest BCUT2D eigenvalue weighted by Gasteiger charge is -2.22. The number of anilines is 1. The van der Waals surface area contributed by atoms with Crippen molar-refractivity contribution in [2.24, 2.45) is 10.9 Å². The Hall–Kier alpha value is -2.56. The Bertz CT molecular complexity index is 667. The van der Waals surface area contributed by atoms with E-state index < -0.39 is 0 Å². The molecule has 0 bridgehead atoms. The Balaban J connectivity index is 2.21. The van der Waals surface area contributed by atoms with Crippen LogP contribution in [0.25, 0.3) is 0 Å². The molecular formula is C16H20N4O. The molecule has 0 unspecified atom stereocenters. The first-order valence-corrected chi connectivity index (χ1v) is 6.72. The van der Waals surface area contributed by atoms with Gasteiger partial charge in [0.15, 0.2) is 5.84 Å². The lowest BCUT2D eigenvalue weighted by Crippen LogP contribution is -2.19.